The maximum atomic E-state index is 14.1. The average molecular weight is 430 g/mol. The number of benzene rings is 3. The van der Waals surface area contributed by atoms with Crippen LogP contribution in [0.3, 0.4) is 0 Å². The molecule has 1 heterocycles. The summed E-state index contributed by atoms with van der Waals surface area (Å²) in [6, 6.07) is 21.9. The molecule has 0 atom stereocenters. The Morgan fingerprint density at radius 1 is 0.821 bits per heavy atom. The van der Waals surface area contributed by atoms with Crippen LogP contribution < -0.4 is 0 Å². The highest BCUT2D eigenvalue weighted by Crippen LogP contribution is 2.34. The predicted octanol–water partition coefficient (Wildman–Crippen LogP) is 6.67. The summed E-state index contributed by atoms with van der Waals surface area (Å²) in [5, 5.41) is 10.3. The van der Waals surface area contributed by atoms with E-state index in [-0.39, 0.29) is 5.82 Å². The second-order valence-electron chi connectivity index (χ2n) is 5.95. The van der Waals surface area contributed by atoms with Crippen molar-refractivity contribution < 1.29 is 4.39 Å². The number of nitrogens with zero attached hydrogens (tertiary/aromatic N) is 3. The second-order valence-corrected chi connectivity index (χ2v) is 7.70. The molecule has 1 aromatic heterocycles. The summed E-state index contributed by atoms with van der Waals surface area (Å²) < 4.78 is 16.1. The van der Waals surface area contributed by atoms with Gasteiger partial charge in [0.25, 0.3) is 0 Å². The smallest absolute Gasteiger partial charge is 0.196 e. The summed E-state index contributed by atoms with van der Waals surface area (Å²) in [6.07, 6.45) is 0. The molecule has 0 saturated heterocycles. The van der Waals surface area contributed by atoms with Crippen LogP contribution in [-0.2, 0) is 5.75 Å². The zero-order valence-corrected chi connectivity index (χ0v) is 16.8. The molecule has 0 aliphatic heterocycles. The Bertz CT molecular complexity index is 1100. The highest BCUT2D eigenvalue weighted by atomic mass is 35.5. The lowest BCUT2D eigenvalue weighted by molar-refractivity contribution is 0.617. The Labute approximate surface area is 176 Å². The van der Waals surface area contributed by atoms with Crippen LogP contribution in [0.2, 0.25) is 10.0 Å². The molecular weight excluding hydrogens is 416 g/mol. The number of aromatic nitrogens is 3. The van der Waals surface area contributed by atoms with Gasteiger partial charge in [0.05, 0.1) is 5.02 Å². The molecule has 0 fully saturated rings. The van der Waals surface area contributed by atoms with Crippen molar-refractivity contribution in [3.63, 3.8) is 0 Å². The van der Waals surface area contributed by atoms with Gasteiger partial charge in [-0.2, -0.15) is 0 Å². The van der Waals surface area contributed by atoms with Gasteiger partial charge in [0.2, 0.25) is 0 Å². The van der Waals surface area contributed by atoms with Crippen LogP contribution >= 0.6 is 35.0 Å². The van der Waals surface area contributed by atoms with Crippen molar-refractivity contribution in [2.45, 2.75) is 10.9 Å². The summed E-state index contributed by atoms with van der Waals surface area (Å²) in [5.41, 5.74) is 2.11. The molecule has 3 aromatic carbocycles. The molecule has 0 radical (unpaired) electrons. The van der Waals surface area contributed by atoms with Crippen LogP contribution in [-0.4, -0.2) is 14.8 Å². The maximum Gasteiger partial charge on any atom is 0.196 e. The summed E-state index contributed by atoms with van der Waals surface area (Å²) in [4.78, 5) is 0. The highest BCUT2D eigenvalue weighted by Gasteiger charge is 2.19. The van der Waals surface area contributed by atoms with Gasteiger partial charge in [-0.15, -0.1) is 10.2 Å². The molecule has 7 heteroatoms. The molecule has 0 N–H and O–H groups in total. The summed E-state index contributed by atoms with van der Waals surface area (Å²) in [5.74, 6) is 0.620. The number of thioether (sulfide) groups is 1. The Balaban J connectivity index is 1.77. The molecule has 0 aliphatic rings. The van der Waals surface area contributed by atoms with E-state index in [1.807, 2.05) is 59.2 Å². The number of hydrogen-bond acceptors (Lipinski definition) is 3. The maximum absolute atomic E-state index is 14.1. The highest BCUT2D eigenvalue weighted by molar-refractivity contribution is 7.98. The van der Waals surface area contributed by atoms with Crippen LogP contribution in [0.25, 0.3) is 17.1 Å². The van der Waals surface area contributed by atoms with Crippen LogP contribution in [0.1, 0.15) is 5.56 Å². The van der Waals surface area contributed by atoms with Gasteiger partial charge in [-0.3, -0.25) is 4.57 Å². The molecule has 0 spiro atoms. The first-order valence-electron chi connectivity index (χ1n) is 8.46. The molecule has 28 heavy (non-hydrogen) atoms. The molecule has 0 unspecified atom stereocenters. The van der Waals surface area contributed by atoms with E-state index in [1.165, 1.54) is 17.8 Å². The molecule has 3 nitrogen and oxygen atoms in total. The van der Waals surface area contributed by atoms with Gasteiger partial charge >= 0.3 is 0 Å². The van der Waals surface area contributed by atoms with E-state index in [0.29, 0.717) is 32.3 Å². The van der Waals surface area contributed by atoms with Gasteiger partial charge in [-0.1, -0.05) is 71.4 Å². The average Bonchev–Trinajstić information content (AvgIpc) is 3.12. The topological polar surface area (TPSA) is 30.7 Å². The van der Waals surface area contributed by atoms with Gasteiger partial charge in [0, 0.05) is 27.6 Å². The van der Waals surface area contributed by atoms with E-state index in [4.69, 9.17) is 23.2 Å². The predicted molar refractivity (Wildman–Crippen MR) is 113 cm³/mol. The van der Waals surface area contributed by atoms with Crippen molar-refractivity contribution in [3.8, 4) is 17.1 Å². The number of halogens is 3. The fraction of sp³-hybridized carbons (Fsp3) is 0.0476. The fourth-order valence-corrected chi connectivity index (χ4v) is 4.31. The van der Waals surface area contributed by atoms with Gasteiger partial charge < -0.3 is 0 Å². The number of rotatable bonds is 5. The first-order valence-corrected chi connectivity index (χ1v) is 10.2. The molecule has 0 amide bonds. The van der Waals surface area contributed by atoms with Crippen LogP contribution in [0.5, 0.6) is 0 Å². The van der Waals surface area contributed by atoms with E-state index in [2.05, 4.69) is 10.2 Å². The minimum Gasteiger partial charge on any atom is -0.270 e. The van der Waals surface area contributed by atoms with E-state index in [0.717, 1.165) is 11.3 Å². The lowest BCUT2D eigenvalue weighted by atomic mass is 10.2. The summed E-state index contributed by atoms with van der Waals surface area (Å²) in [6.45, 7) is 0. The van der Waals surface area contributed by atoms with Crippen molar-refractivity contribution in [3.05, 3.63) is 94.2 Å². The Kier molecular flexibility index (Phi) is 5.67. The molecule has 4 rings (SSSR count). The first kappa shape index (κ1) is 19.0. The Morgan fingerprint density at radius 2 is 1.54 bits per heavy atom. The van der Waals surface area contributed by atoms with Crippen molar-refractivity contribution in [2.75, 3.05) is 0 Å². The van der Waals surface area contributed by atoms with Crippen molar-refractivity contribution >= 4 is 35.0 Å². The summed E-state index contributed by atoms with van der Waals surface area (Å²) in [7, 11) is 0. The number of para-hydroxylation sites is 1. The van der Waals surface area contributed by atoms with Crippen molar-refractivity contribution in [1.29, 1.82) is 0 Å². The van der Waals surface area contributed by atoms with Gasteiger partial charge in [-0.25, -0.2) is 4.39 Å². The largest absolute Gasteiger partial charge is 0.270 e. The van der Waals surface area contributed by atoms with Gasteiger partial charge in [-0.05, 0) is 36.4 Å². The normalized spacial score (nSPS) is 11.0. The zero-order chi connectivity index (χ0) is 19.5. The van der Waals surface area contributed by atoms with E-state index in [1.54, 1.807) is 12.1 Å². The number of hydrogen-bond donors (Lipinski definition) is 0. The van der Waals surface area contributed by atoms with Crippen LogP contribution in [0.15, 0.2) is 78.0 Å². The molecule has 140 valence electrons. The molecule has 0 aliphatic carbocycles. The standard InChI is InChI=1S/C21H14Cl2FN3S/c22-17-10-5-4-9-15(17)20-25-26-21(27(20)14-7-2-1-3-8-14)28-13-16-18(23)11-6-12-19(16)24/h1-12H,13H2. The quantitative estimate of drug-likeness (QED) is 0.331. The minimum absolute atomic E-state index is 0.332. The lowest BCUT2D eigenvalue weighted by Gasteiger charge is -2.11. The van der Waals surface area contributed by atoms with E-state index in [9.17, 15) is 4.39 Å². The van der Waals surface area contributed by atoms with Crippen LogP contribution in [0, 0.1) is 5.82 Å². The van der Waals surface area contributed by atoms with Crippen molar-refractivity contribution in [2.24, 2.45) is 0 Å². The van der Waals surface area contributed by atoms with Gasteiger partial charge in [0.15, 0.2) is 11.0 Å². The van der Waals surface area contributed by atoms with Crippen LogP contribution in [0.4, 0.5) is 4.39 Å². The van der Waals surface area contributed by atoms with Gasteiger partial charge in [0.1, 0.15) is 5.82 Å². The summed E-state index contributed by atoms with van der Waals surface area (Å²) >= 11 is 13.9. The Hall–Kier alpha value is -2.34. The third-order valence-corrected chi connectivity index (χ3v) is 5.81. The van der Waals surface area contributed by atoms with E-state index >= 15 is 0 Å². The van der Waals surface area contributed by atoms with Crippen molar-refractivity contribution in [1.82, 2.24) is 14.8 Å². The lowest BCUT2D eigenvalue weighted by Crippen LogP contribution is -2.00. The fourth-order valence-electron chi connectivity index (χ4n) is 2.80. The minimum atomic E-state index is -0.336. The molecule has 4 aromatic rings. The third kappa shape index (κ3) is 3.78. The Morgan fingerprint density at radius 3 is 2.29 bits per heavy atom. The zero-order valence-electron chi connectivity index (χ0n) is 14.5. The second kappa shape index (κ2) is 8.35. The third-order valence-electron chi connectivity index (χ3n) is 4.17. The monoisotopic (exact) mass is 429 g/mol. The van der Waals surface area contributed by atoms with E-state index < -0.39 is 0 Å². The molecule has 0 saturated carbocycles. The molecular formula is C21H14Cl2FN3S. The SMILES string of the molecule is Fc1cccc(Cl)c1CSc1nnc(-c2ccccc2Cl)n1-c1ccccc1. The first-order chi connectivity index (χ1) is 13.6. The molecule has 0 bridgehead atoms.